The molecule has 0 aliphatic heterocycles. The lowest BCUT2D eigenvalue weighted by Crippen LogP contribution is -2.48. The first-order chi connectivity index (χ1) is 6.08. The van der Waals surface area contributed by atoms with E-state index in [0.29, 0.717) is 13.2 Å². The van der Waals surface area contributed by atoms with Gasteiger partial charge in [-0.2, -0.15) is 0 Å². The van der Waals surface area contributed by atoms with Gasteiger partial charge in [0.05, 0.1) is 0 Å². The molecule has 0 amide bonds. The Morgan fingerprint density at radius 2 is 1.62 bits per heavy atom. The van der Waals surface area contributed by atoms with Gasteiger partial charge in [0.1, 0.15) is 0 Å². The fraction of sp³-hybridized carbons (Fsp3) is 1.00. The zero-order chi connectivity index (χ0) is 10.3. The smallest absolute Gasteiger partial charge is 0.367 e. The van der Waals surface area contributed by atoms with E-state index in [1.165, 1.54) is 0 Å². The zero-order valence-corrected chi connectivity index (χ0v) is 9.87. The van der Waals surface area contributed by atoms with Crippen molar-refractivity contribution in [2.24, 2.45) is 0 Å². The van der Waals surface area contributed by atoms with Crippen molar-refractivity contribution in [2.45, 2.75) is 40.2 Å². The highest BCUT2D eigenvalue weighted by molar-refractivity contribution is 6.51. The fourth-order valence-electron chi connectivity index (χ4n) is 0.812. The highest BCUT2D eigenvalue weighted by Gasteiger charge is 2.41. The lowest BCUT2D eigenvalue weighted by Gasteiger charge is -2.24. The summed E-state index contributed by atoms with van der Waals surface area (Å²) >= 11 is 0. The van der Waals surface area contributed by atoms with Crippen LogP contribution in [0.25, 0.3) is 0 Å². The van der Waals surface area contributed by atoms with Gasteiger partial charge in [-0.15, -0.1) is 0 Å². The lowest BCUT2D eigenvalue weighted by atomic mass is 10.3. The molecule has 1 N–H and O–H groups in total. The van der Waals surface area contributed by atoms with Crippen LogP contribution < -0.4 is 0 Å². The summed E-state index contributed by atoms with van der Waals surface area (Å²) in [5.74, 6) is 0. The molecule has 0 aromatic carbocycles. The molecule has 1 atom stereocenters. The molecule has 0 aliphatic carbocycles. The van der Waals surface area contributed by atoms with Gasteiger partial charge in [0.15, 0.2) is 0 Å². The molecule has 1 unspecified atom stereocenters. The van der Waals surface area contributed by atoms with E-state index in [1.54, 1.807) is 13.8 Å². The average molecular weight is 208 g/mol. The number of hydrogen-bond acceptors (Lipinski definition) is 4. The van der Waals surface area contributed by atoms with E-state index in [9.17, 15) is 4.80 Å². The summed E-state index contributed by atoms with van der Waals surface area (Å²) in [5.41, 5.74) is 0. The van der Waals surface area contributed by atoms with Gasteiger partial charge in [-0.3, -0.25) is 0 Å². The van der Waals surface area contributed by atoms with Crippen LogP contribution in [-0.2, 0) is 13.3 Å². The van der Waals surface area contributed by atoms with E-state index < -0.39 is 9.05 Å². The summed E-state index contributed by atoms with van der Waals surface area (Å²) in [6.45, 7) is 8.28. The largest absolute Gasteiger partial charge is 0.677 e. The highest BCUT2D eigenvalue weighted by atomic mass is 28.4. The molecule has 0 saturated carbocycles. The van der Waals surface area contributed by atoms with Gasteiger partial charge in [-0.25, -0.2) is 0 Å². The van der Waals surface area contributed by atoms with Crippen molar-refractivity contribution in [1.82, 2.24) is 0 Å². The Morgan fingerprint density at radius 1 is 1.15 bits per heavy atom. The molecule has 4 nitrogen and oxygen atoms in total. The van der Waals surface area contributed by atoms with E-state index in [4.69, 9.17) is 13.3 Å². The summed E-state index contributed by atoms with van der Waals surface area (Å²) in [7, 11) is -3.33. The minimum atomic E-state index is -3.33. The van der Waals surface area contributed by atoms with Gasteiger partial charge in [0.25, 0.3) is 0 Å². The number of rotatable bonds is 7. The Kier molecular flexibility index (Phi) is 6.53. The molecule has 0 aromatic rings. The van der Waals surface area contributed by atoms with Gasteiger partial charge in [0, 0.05) is 19.3 Å². The lowest BCUT2D eigenvalue weighted by molar-refractivity contribution is -0.0245. The van der Waals surface area contributed by atoms with Crippen LogP contribution in [0, 0.1) is 0 Å². The Hall–Kier alpha value is 0.0569. The van der Waals surface area contributed by atoms with Gasteiger partial charge in [0.2, 0.25) is 0 Å². The predicted molar refractivity (Wildman–Crippen MR) is 52.1 cm³/mol. The fourth-order valence-corrected chi connectivity index (χ4v) is 2.44. The quantitative estimate of drug-likeness (QED) is 0.641. The first kappa shape index (κ1) is 13.1. The first-order valence-electron chi connectivity index (χ1n) is 4.76. The zero-order valence-electron chi connectivity index (χ0n) is 8.87. The molecule has 0 bridgehead atoms. The van der Waals surface area contributed by atoms with Crippen LogP contribution in [0.4, 0.5) is 0 Å². The molecule has 0 rings (SSSR count). The average Bonchev–Trinajstić information content (AvgIpc) is 2.04. The molecule has 0 saturated heterocycles. The van der Waals surface area contributed by atoms with Crippen molar-refractivity contribution < 1.29 is 18.1 Å². The van der Waals surface area contributed by atoms with Crippen LogP contribution in [0.1, 0.15) is 34.1 Å². The molecule has 80 valence electrons. The van der Waals surface area contributed by atoms with Crippen molar-refractivity contribution in [3.8, 4) is 0 Å². The van der Waals surface area contributed by atoms with Crippen molar-refractivity contribution in [2.75, 3.05) is 13.2 Å². The van der Waals surface area contributed by atoms with Crippen molar-refractivity contribution in [1.29, 1.82) is 0 Å². The molecule has 0 aromatic heterocycles. The Labute approximate surface area is 81.3 Å². The molecule has 13 heavy (non-hydrogen) atoms. The van der Waals surface area contributed by atoms with Crippen LogP contribution in [0.2, 0.25) is 0 Å². The van der Waals surface area contributed by atoms with Crippen molar-refractivity contribution in [3.63, 3.8) is 0 Å². The Morgan fingerprint density at radius 3 is 1.92 bits per heavy atom. The normalized spacial score (nSPS) is 14.5. The third-order valence-electron chi connectivity index (χ3n) is 1.58. The van der Waals surface area contributed by atoms with Crippen LogP contribution in [0.3, 0.4) is 0 Å². The minimum absolute atomic E-state index is 0.0326. The molecule has 5 heteroatoms. The second kappa shape index (κ2) is 6.50. The van der Waals surface area contributed by atoms with E-state index in [1.807, 2.05) is 13.8 Å². The number of hydrogen-bond donors (Lipinski definition) is 1. The maximum atomic E-state index is 9.78. The third-order valence-corrected chi connectivity index (χ3v) is 3.59. The van der Waals surface area contributed by atoms with Gasteiger partial charge >= 0.3 is 9.05 Å². The summed E-state index contributed by atoms with van der Waals surface area (Å²) in [5, 5.41) is 0. The molecule has 0 aliphatic rings. The van der Waals surface area contributed by atoms with E-state index >= 15 is 0 Å². The molecule has 0 radical (unpaired) electrons. The minimum Gasteiger partial charge on any atom is -0.367 e. The summed E-state index contributed by atoms with van der Waals surface area (Å²) in [6.07, 6.45) is 0.796. The molecule has 0 fully saturated rings. The second-order valence-electron chi connectivity index (χ2n) is 2.73. The van der Waals surface area contributed by atoms with Gasteiger partial charge < -0.3 is 18.1 Å². The Bertz CT molecular complexity index is 125. The van der Waals surface area contributed by atoms with Crippen LogP contribution >= 0.6 is 0 Å². The van der Waals surface area contributed by atoms with Crippen molar-refractivity contribution in [3.05, 3.63) is 0 Å². The summed E-state index contributed by atoms with van der Waals surface area (Å²) < 4.78 is 15.5. The predicted octanol–water partition coefficient (Wildman–Crippen LogP) is 1.30. The van der Waals surface area contributed by atoms with Gasteiger partial charge in [-0.05, 0) is 27.2 Å². The molecular formula is C8H20O4Si. The SMILES string of the molecule is CCO[Si](O)(OCC)OC(C)CC. The van der Waals surface area contributed by atoms with Crippen LogP contribution in [0.5, 0.6) is 0 Å². The summed E-state index contributed by atoms with van der Waals surface area (Å²) in [6, 6.07) is 0. The first-order valence-corrected chi connectivity index (χ1v) is 6.43. The van der Waals surface area contributed by atoms with Gasteiger partial charge in [-0.1, -0.05) is 6.92 Å². The maximum absolute atomic E-state index is 9.78. The molecular weight excluding hydrogens is 188 g/mol. The molecule has 0 heterocycles. The monoisotopic (exact) mass is 208 g/mol. The summed E-state index contributed by atoms with van der Waals surface area (Å²) in [4.78, 5) is 9.78. The van der Waals surface area contributed by atoms with E-state index in [0.717, 1.165) is 6.42 Å². The van der Waals surface area contributed by atoms with Crippen LogP contribution in [-0.4, -0.2) is 33.2 Å². The Balaban J connectivity index is 4.05. The van der Waals surface area contributed by atoms with E-state index in [-0.39, 0.29) is 6.10 Å². The highest BCUT2D eigenvalue weighted by Crippen LogP contribution is 2.10. The van der Waals surface area contributed by atoms with Crippen molar-refractivity contribution >= 4 is 9.05 Å². The van der Waals surface area contributed by atoms with E-state index in [2.05, 4.69) is 0 Å². The standard InChI is InChI=1S/C8H20O4Si/c1-5-8(4)12-13(9,10-6-2)11-7-3/h8-9H,5-7H2,1-4H3. The molecule has 0 spiro atoms. The van der Waals surface area contributed by atoms with Crippen LogP contribution in [0.15, 0.2) is 0 Å². The topological polar surface area (TPSA) is 47.9 Å². The maximum Gasteiger partial charge on any atom is 0.677 e. The second-order valence-corrected chi connectivity index (χ2v) is 4.59. The third kappa shape index (κ3) is 5.38.